The van der Waals surface area contributed by atoms with Crippen LogP contribution in [0.15, 0.2) is 24.4 Å². The molecular weight excluding hydrogens is 487 g/mol. The Labute approximate surface area is 214 Å². The third-order valence-electron chi connectivity index (χ3n) is 8.12. The van der Waals surface area contributed by atoms with Crippen molar-refractivity contribution in [2.45, 2.75) is 101 Å². The van der Waals surface area contributed by atoms with E-state index in [1.54, 1.807) is 12.1 Å². The standard InChI is InChI=1S/C27H34F3N3O4/c1-15-4-11-22(25(34)31-15)33-14-20-19(26(33)35)10-5-16(24(20)28)13-23-21(3-2-12-36-23)32-17-6-8-18(9-7-17)37-27(29)30/h5,10,17-18,21-23,27,32H,1-4,6-9,11-14H2,(H,31,34)/t17-,18+,21-,22?,23+/m0/s1. The van der Waals surface area contributed by atoms with E-state index >= 15 is 4.39 Å². The summed E-state index contributed by atoms with van der Waals surface area (Å²) in [6.45, 7) is 1.70. The van der Waals surface area contributed by atoms with Crippen molar-refractivity contribution in [2.75, 3.05) is 6.61 Å². The normalized spacial score (nSPS) is 30.5. The van der Waals surface area contributed by atoms with Gasteiger partial charge in [-0.1, -0.05) is 12.6 Å². The number of hydrogen-bond donors (Lipinski definition) is 2. The first-order valence-corrected chi connectivity index (χ1v) is 13.2. The van der Waals surface area contributed by atoms with E-state index in [0.29, 0.717) is 61.1 Å². The molecule has 0 radical (unpaired) electrons. The summed E-state index contributed by atoms with van der Waals surface area (Å²) in [6, 6.07) is 2.88. The van der Waals surface area contributed by atoms with Crippen LogP contribution >= 0.6 is 0 Å². The van der Waals surface area contributed by atoms with Gasteiger partial charge in [0, 0.05) is 41.9 Å². The smallest absolute Gasteiger partial charge is 0.345 e. The molecular formula is C27H34F3N3O4. The molecule has 0 spiro atoms. The Morgan fingerprint density at radius 2 is 1.95 bits per heavy atom. The maximum atomic E-state index is 15.7. The summed E-state index contributed by atoms with van der Waals surface area (Å²) in [5.74, 6) is -1.02. The number of amides is 2. The predicted molar refractivity (Wildman–Crippen MR) is 129 cm³/mol. The quantitative estimate of drug-likeness (QED) is 0.571. The number of rotatable bonds is 7. The van der Waals surface area contributed by atoms with Crippen LogP contribution in [-0.2, 0) is 27.2 Å². The Kier molecular flexibility index (Phi) is 7.88. The largest absolute Gasteiger partial charge is 0.376 e. The number of halogens is 3. The zero-order valence-corrected chi connectivity index (χ0v) is 20.8. The van der Waals surface area contributed by atoms with Gasteiger partial charge in [-0.2, -0.15) is 8.78 Å². The van der Waals surface area contributed by atoms with E-state index in [4.69, 9.17) is 4.74 Å². The van der Waals surface area contributed by atoms with Crippen LogP contribution in [0, 0.1) is 5.82 Å². The molecule has 0 aromatic heterocycles. The summed E-state index contributed by atoms with van der Waals surface area (Å²) in [6.07, 6.45) is 5.20. The first kappa shape index (κ1) is 26.2. The average molecular weight is 522 g/mol. The van der Waals surface area contributed by atoms with E-state index in [9.17, 15) is 18.4 Å². The third kappa shape index (κ3) is 5.71. The van der Waals surface area contributed by atoms with Crippen molar-refractivity contribution in [2.24, 2.45) is 0 Å². The van der Waals surface area contributed by atoms with Gasteiger partial charge in [-0.25, -0.2) is 4.39 Å². The maximum Gasteiger partial charge on any atom is 0.345 e. The summed E-state index contributed by atoms with van der Waals surface area (Å²) >= 11 is 0. The fourth-order valence-electron chi connectivity index (χ4n) is 6.15. The zero-order valence-electron chi connectivity index (χ0n) is 20.8. The second-order valence-corrected chi connectivity index (χ2v) is 10.5. The Morgan fingerprint density at radius 3 is 2.68 bits per heavy atom. The van der Waals surface area contributed by atoms with Gasteiger partial charge in [0.2, 0.25) is 5.91 Å². The molecule has 7 nitrogen and oxygen atoms in total. The van der Waals surface area contributed by atoms with Crippen molar-refractivity contribution in [3.63, 3.8) is 0 Å². The van der Waals surface area contributed by atoms with Crippen LogP contribution < -0.4 is 10.6 Å². The lowest BCUT2D eigenvalue weighted by Crippen LogP contribution is -2.51. The van der Waals surface area contributed by atoms with E-state index in [1.165, 1.54) is 4.90 Å². The molecule has 0 bridgehead atoms. The number of carbonyl (C=O) groups is 2. The molecule has 37 heavy (non-hydrogen) atoms. The molecule has 3 atom stereocenters. The van der Waals surface area contributed by atoms with Gasteiger partial charge >= 0.3 is 6.61 Å². The molecule has 1 saturated carbocycles. The lowest BCUT2D eigenvalue weighted by Gasteiger charge is -2.37. The van der Waals surface area contributed by atoms with Crippen molar-refractivity contribution < 1.29 is 32.2 Å². The highest BCUT2D eigenvalue weighted by molar-refractivity contribution is 6.01. The minimum atomic E-state index is -2.74. The Hall–Kier alpha value is -2.43. The predicted octanol–water partition coefficient (Wildman–Crippen LogP) is 3.80. The lowest BCUT2D eigenvalue weighted by atomic mass is 9.89. The minimum absolute atomic E-state index is 0.0242. The molecule has 1 unspecified atom stereocenters. The number of alkyl halides is 2. The second-order valence-electron chi connectivity index (χ2n) is 10.5. The number of nitrogens with one attached hydrogen (secondary N) is 2. The van der Waals surface area contributed by atoms with Crippen LogP contribution in [0.3, 0.4) is 0 Å². The van der Waals surface area contributed by atoms with Gasteiger partial charge in [0.25, 0.3) is 5.91 Å². The second kappa shape index (κ2) is 11.1. The summed E-state index contributed by atoms with van der Waals surface area (Å²) in [7, 11) is 0. The molecule has 1 aliphatic carbocycles. The van der Waals surface area contributed by atoms with Gasteiger partial charge in [0.05, 0.1) is 18.8 Å². The van der Waals surface area contributed by atoms with Crippen LogP contribution in [-0.4, -0.2) is 60.3 Å². The number of carbonyl (C=O) groups excluding carboxylic acids is 2. The van der Waals surface area contributed by atoms with Crippen molar-refractivity contribution in [3.8, 4) is 0 Å². The Balaban J connectivity index is 1.23. The first-order chi connectivity index (χ1) is 17.8. The Bertz CT molecular complexity index is 1040. The molecule has 2 saturated heterocycles. The van der Waals surface area contributed by atoms with E-state index in [0.717, 1.165) is 25.7 Å². The molecule has 1 aromatic carbocycles. The van der Waals surface area contributed by atoms with Gasteiger partial charge in [0.15, 0.2) is 0 Å². The van der Waals surface area contributed by atoms with Crippen LogP contribution in [0.25, 0.3) is 0 Å². The number of fused-ring (bicyclic) bond motifs is 1. The van der Waals surface area contributed by atoms with E-state index < -0.39 is 24.6 Å². The molecule has 1 aromatic rings. The first-order valence-electron chi connectivity index (χ1n) is 13.2. The topological polar surface area (TPSA) is 79.9 Å². The number of allylic oxidation sites excluding steroid dienone is 1. The van der Waals surface area contributed by atoms with Gasteiger partial charge in [0.1, 0.15) is 11.9 Å². The van der Waals surface area contributed by atoms with Crippen LogP contribution in [0.5, 0.6) is 0 Å². The van der Waals surface area contributed by atoms with Crippen molar-refractivity contribution >= 4 is 11.8 Å². The van der Waals surface area contributed by atoms with Crippen LogP contribution in [0.1, 0.15) is 72.9 Å². The molecule has 202 valence electrons. The van der Waals surface area contributed by atoms with Crippen LogP contribution in [0.4, 0.5) is 13.2 Å². The number of ether oxygens (including phenoxy) is 2. The number of benzene rings is 1. The highest BCUT2D eigenvalue weighted by Crippen LogP contribution is 2.33. The van der Waals surface area contributed by atoms with E-state index in [1.807, 2.05) is 0 Å². The minimum Gasteiger partial charge on any atom is -0.376 e. The monoisotopic (exact) mass is 521 g/mol. The summed E-state index contributed by atoms with van der Waals surface area (Å²) in [5, 5.41) is 6.33. The van der Waals surface area contributed by atoms with Gasteiger partial charge in [-0.15, -0.1) is 0 Å². The van der Waals surface area contributed by atoms with Crippen LogP contribution in [0.2, 0.25) is 0 Å². The summed E-state index contributed by atoms with van der Waals surface area (Å²) < 4.78 is 51.4. The molecule has 2 amide bonds. The van der Waals surface area contributed by atoms with Crippen molar-refractivity contribution in [3.05, 3.63) is 46.9 Å². The zero-order chi connectivity index (χ0) is 26.1. The molecule has 3 heterocycles. The molecule has 2 N–H and O–H groups in total. The Morgan fingerprint density at radius 1 is 1.16 bits per heavy atom. The number of nitrogens with zero attached hydrogens (tertiary/aromatic N) is 1. The van der Waals surface area contributed by atoms with Gasteiger partial charge in [-0.05, 0) is 63.0 Å². The van der Waals surface area contributed by atoms with E-state index in [-0.39, 0.29) is 36.5 Å². The summed E-state index contributed by atoms with van der Waals surface area (Å²) in [5.41, 5.74) is 1.75. The molecule has 5 rings (SSSR count). The highest BCUT2D eigenvalue weighted by Gasteiger charge is 2.40. The maximum absolute atomic E-state index is 15.7. The number of hydrogen-bond acceptors (Lipinski definition) is 5. The fourth-order valence-corrected chi connectivity index (χ4v) is 6.15. The summed E-state index contributed by atoms with van der Waals surface area (Å²) in [4.78, 5) is 26.9. The highest BCUT2D eigenvalue weighted by atomic mass is 19.3. The van der Waals surface area contributed by atoms with Crippen molar-refractivity contribution in [1.82, 2.24) is 15.5 Å². The van der Waals surface area contributed by atoms with Gasteiger partial charge in [-0.3, -0.25) is 9.59 Å². The van der Waals surface area contributed by atoms with Crippen molar-refractivity contribution in [1.29, 1.82) is 0 Å². The SMILES string of the molecule is C=C1CCC(N2Cc3c(ccc(C[C@H]4OCCC[C@@H]4N[C@H]4CC[C@@H](OC(F)F)CC4)c3F)C2=O)C(=O)N1. The lowest BCUT2D eigenvalue weighted by molar-refractivity contribution is -0.170. The average Bonchev–Trinajstić information content (AvgIpc) is 3.20. The molecule has 4 aliphatic rings. The molecule has 3 fully saturated rings. The van der Waals surface area contributed by atoms with E-state index in [2.05, 4.69) is 21.9 Å². The van der Waals surface area contributed by atoms with Gasteiger partial charge < -0.3 is 25.0 Å². The fraction of sp³-hybridized carbons (Fsp3) is 0.630. The molecule has 3 aliphatic heterocycles. The number of piperidine rings is 1. The third-order valence-corrected chi connectivity index (χ3v) is 8.12. The molecule has 10 heteroatoms.